The van der Waals surface area contributed by atoms with Crippen LogP contribution in [-0.2, 0) is 0 Å². The first-order valence-corrected chi connectivity index (χ1v) is 8.10. The molecular weight excluding hydrogens is 357 g/mol. The lowest BCUT2D eigenvalue weighted by molar-refractivity contribution is 0.598. The molecule has 0 heterocycles. The highest BCUT2D eigenvalue weighted by Gasteiger charge is 2.16. The summed E-state index contributed by atoms with van der Waals surface area (Å²) in [4.78, 5) is 0. The fourth-order valence-electron chi connectivity index (χ4n) is 2.12. The van der Waals surface area contributed by atoms with Gasteiger partial charge >= 0.3 is 0 Å². The van der Waals surface area contributed by atoms with Crippen LogP contribution in [0.15, 0.2) is 46.9 Å². The Morgan fingerprint density at radius 1 is 1.15 bits per heavy atom. The summed E-state index contributed by atoms with van der Waals surface area (Å²) in [6, 6.07) is 14.0. The first-order valence-electron chi connectivity index (χ1n) is 6.55. The number of nitrogens with one attached hydrogen (secondary N) is 1. The number of benzene rings is 2. The zero-order valence-corrected chi connectivity index (χ0v) is 14.3. The van der Waals surface area contributed by atoms with Gasteiger partial charge < -0.3 is 5.32 Å². The molecule has 20 heavy (non-hydrogen) atoms. The summed E-state index contributed by atoms with van der Waals surface area (Å²) < 4.78 is 1.06. The van der Waals surface area contributed by atoms with Crippen LogP contribution < -0.4 is 5.32 Å². The highest BCUT2D eigenvalue weighted by Crippen LogP contribution is 2.31. The van der Waals surface area contributed by atoms with Crippen molar-refractivity contribution in [2.45, 2.75) is 19.4 Å². The molecule has 106 valence electrons. The molecule has 0 aliphatic rings. The average molecular weight is 373 g/mol. The van der Waals surface area contributed by atoms with E-state index in [9.17, 15) is 0 Å². The molecule has 0 aliphatic heterocycles. The van der Waals surface area contributed by atoms with E-state index in [-0.39, 0.29) is 6.04 Å². The van der Waals surface area contributed by atoms with Crippen LogP contribution in [0.5, 0.6) is 0 Å². The largest absolute Gasteiger partial charge is 0.306 e. The summed E-state index contributed by atoms with van der Waals surface area (Å²) in [7, 11) is 0. The van der Waals surface area contributed by atoms with Gasteiger partial charge in [0.2, 0.25) is 0 Å². The smallest absolute Gasteiger partial charge is 0.0591 e. The van der Waals surface area contributed by atoms with Crippen molar-refractivity contribution >= 4 is 39.1 Å². The molecule has 0 fully saturated rings. The van der Waals surface area contributed by atoms with Gasteiger partial charge in [-0.05, 0) is 48.4 Å². The van der Waals surface area contributed by atoms with E-state index in [0.717, 1.165) is 23.0 Å². The van der Waals surface area contributed by atoms with E-state index < -0.39 is 0 Å². The van der Waals surface area contributed by atoms with E-state index in [0.29, 0.717) is 10.0 Å². The highest BCUT2D eigenvalue weighted by molar-refractivity contribution is 9.10. The van der Waals surface area contributed by atoms with Crippen LogP contribution in [0.3, 0.4) is 0 Å². The molecule has 2 aromatic carbocycles. The Kier molecular flexibility index (Phi) is 5.91. The summed E-state index contributed by atoms with van der Waals surface area (Å²) in [6.07, 6.45) is 1.07. The summed E-state index contributed by atoms with van der Waals surface area (Å²) in [5.41, 5.74) is 2.22. The molecule has 2 rings (SSSR count). The van der Waals surface area contributed by atoms with Crippen molar-refractivity contribution in [1.29, 1.82) is 0 Å². The van der Waals surface area contributed by atoms with Crippen molar-refractivity contribution in [2.24, 2.45) is 0 Å². The lowest BCUT2D eigenvalue weighted by Gasteiger charge is -2.21. The van der Waals surface area contributed by atoms with Crippen LogP contribution in [0.2, 0.25) is 10.0 Å². The van der Waals surface area contributed by atoms with Gasteiger partial charge in [0.05, 0.1) is 6.04 Å². The Labute approximate surface area is 138 Å². The van der Waals surface area contributed by atoms with Crippen LogP contribution in [0, 0.1) is 0 Å². The third-order valence-corrected chi connectivity index (χ3v) is 4.11. The number of hydrogen-bond donors (Lipinski definition) is 1. The maximum absolute atomic E-state index is 6.36. The standard InChI is InChI=1S/C16H16BrCl2N/c1-2-8-20-16(11-4-3-5-12(17)9-11)14-7-6-13(18)10-15(14)19/h3-7,9-10,16,20H,2,8H2,1H3. The first kappa shape index (κ1) is 15.8. The minimum atomic E-state index is 0.0669. The monoisotopic (exact) mass is 371 g/mol. The van der Waals surface area contributed by atoms with E-state index >= 15 is 0 Å². The molecule has 0 aromatic heterocycles. The van der Waals surface area contributed by atoms with Crippen molar-refractivity contribution in [2.75, 3.05) is 6.54 Å². The quantitative estimate of drug-likeness (QED) is 0.694. The molecule has 2 aromatic rings. The van der Waals surface area contributed by atoms with Gasteiger partial charge in [-0.1, -0.05) is 64.3 Å². The second-order valence-electron chi connectivity index (χ2n) is 4.61. The summed E-state index contributed by atoms with van der Waals surface area (Å²) >= 11 is 15.9. The zero-order valence-electron chi connectivity index (χ0n) is 11.2. The van der Waals surface area contributed by atoms with Gasteiger partial charge in [-0.25, -0.2) is 0 Å². The molecule has 1 nitrogen and oxygen atoms in total. The maximum Gasteiger partial charge on any atom is 0.0591 e. The summed E-state index contributed by atoms with van der Waals surface area (Å²) in [5.74, 6) is 0. The zero-order chi connectivity index (χ0) is 14.5. The van der Waals surface area contributed by atoms with Crippen molar-refractivity contribution in [3.63, 3.8) is 0 Å². The molecule has 0 aliphatic carbocycles. The van der Waals surface area contributed by atoms with Crippen molar-refractivity contribution in [3.05, 3.63) is 68.1 Å². The molecule has 1 unspecified atom stereocenters. The molecule has 0 radical (unpaired) electrons. The molecule has 1 N–H and O–H groups in total. The average Bonchev–Trinajstić information content (AvgIpc) is 2.41. The Morgan fingerprint density at radius 2 is 1.95 bits per heavy atom. The summed E-state index contributed by atoms with van der Waals surface area (Å²) in [6.45, 7) is 3.07. The SMILES string of the molecule is CCCNC(c1cccc(Br)c1)c1ccc(Cl)cc1Cl. The normalized spacial score (nSPS) is 12.4. The van der Waals surface area contributed by atoms with E-state index in [4.69, 9.17) is 23.2 Å². The topological polar surface area (TPSA) is 12.0 Å². The predicted octanol–water partition coefficient (Wildman–Crippen LogP) is 5.84. The lowest BCUT2D eigenvalue weighted by atomic mass is 9.98. The van der Waals surface area contributed by atoms with Gasteiger partial charge in [-0.3, -0.25) is 0 Å². The first-order chi connectivity index (χ1) is 9.61. The fraction of sp³-hybridized carbons (Fsp3) is 0.250. The van der Waals surface area contributed by atoms with Gasteiger partial charge in [0.15, 0.2) is 0 Å². The molecule has 0 amide bonds. The molecule has 4 heteroatoms. The number of halogens is 3. The Bertz CT molecular complexity index is 586. The van der Waals surface area contributed by atoms with Crippen LogP contribution >= 0.6 is 39.1 Å². The van der Waals surface area contributed by atoms with Gasteiger partial charge in [0.1, 0.15) is 0 Å². The fourth-order valence-corrected chi connectivity index (χ4v) is 3.05. The predicted molar refractivity (Wildman–Crippen MR) is 90.7 cm³/mol. The molecular formula is C16H16BrCl2N. The maximum atomic E-state index is 6.36. The Hall–Kier alpha value is -0.540. The van der Waals surface area contributed by atoms with Crippen molar-refractivity contribution in [3.8, 4) is 0 Å². The number of hydrogen-bond acceptors (Lipinski definition) is 1. The second-order valence-corrected chi connectivity index (χ2v) is 6.37. The minimum absolute atomic E-state index is 0.0669. The summed E-state index contributed by atoms with van der Waals surface area (Å²) in [5, 5.41) is 4.88. The minimum Gasteiger partial charge on any atom is -0.306 e. The molecule has 0 spiro atoms. The van der Waals surface area contributed by atoms with Crippen LogP contribution in [0.25, 0.3) is 0 Å². The molecule has 1 atom stereocenters. The van der Waals surface area contributed by atoms with E-state index in [2.05, 4.69) is 40.3 Å². The molecule has 0 saturated carbocycles. The third-order valence-electron chi connectivity index (χ3n) is 3.05. The van der Waals surface area contributed by atoms with Gasteiger partial charge in [-0.2, -0.15) is 0 Å². The molecule has 0 bridgehead atoms. The van der Waals surface area contributed by atoms with Crippen LogP contribution in [0.1, 0.15) is 30.5 Å². The van der Waals surface area contributed by atoms with Gasteiger partial charge in [-0.15, -0.1) is 0 Å². The van der Waals surface area contributed by atoms with Crippen LogP contribution in [-0.4, -0.2) is 6.54 Å². The van der Waals surface area contributed by atoms with E-state index in [1.807, 2.05) is 24.3 Å². The third kappa shape index (κ3) is 3.98. The highest BCUT2D eigenvalue weighted by atomic mass is 79.9. The number of rotatable bonds is 5. The van der Waals surface area contributed by atoms with Gasteiger partial charge in [0, 0.05) is 14.5 Å². The Balaban J connectivity index is 2.41. The lowest BCUT2D eigenvalue weighted by Crippen LogP contribution is -2.23. The second kappa shape index (κ2) is 7.46. The molecule has 0 saturated heterocycles. The van der Waals surface area contributed by atoms with Crippen molar-refractivity contribution < 1.29 is 0 Å². The van der Waals surface area contributed by atoms with Crippen molar-refractivity contribution in [1.82, 2.24) is 5.32 Å². The van der Waals surface area contributed by atoms with E-state index in [1.165, 1.54) is 5.56 Å². The Morgan fingerprint density at radius 3 is 2.60 bits per heavy atom. The van der Waals surface area contributed by atoms with Crippen LogP contribution in [0.4, 0.5) is 0 Å². The van der Waals surface area contributed by atoms with E-state index in [1.54, 1.807) is 6.07 Å². The van der Waals surface area contributed by atoms with Gasteiger partial charge in [0.25, 0.3) is 0 Å².